The van der Waals surface area contributed by atoms with Crippen LogP contribution < -0.4 is 5.32 Å². The monoisotopic (exact) mass is 286 g/mol. The molecule has 2 nitrogen and oxygen atoms in total. The lowest BCUT2D eigenvalue weighted by molar-refractivity contribution is 0.0961. The molecule has 0 spiro atoms. The van der Waals surface area contributed by atoms with Crippen molar-refractivity contribution in [3.8, 4) is 0 Å². The van der Waals surface area contributed by atoms with Gasteiger partial charge in [0.25, 0.3) is 0 Å². The number of nitrogens with one attached hydrogen (secondary N) is 1. The van der Waals surface area contributed by atoms with Gasteiger partial charge < -0.3 is 5.32 Å². The third-order valence-corrected chi connectivity index (χ3v) is 5.13. The number of rotatable bonds is 8. The van der Waals surface area contributed by atoms with Crippen LogP contribution in [0.5, 0.6) is 0 Å². The van der Waals surface area contributed by atoms with Crippen molar-refractivity contribution in [2.75, 3.05) is 31.6 Å². The molecule has 1 aliphatic rings. The molecule has 0 aromatic carbocycles. The molecule has 0 aliphatic carbocycles. The van der Waals surface area contributed by atoms with E-state index in [2.05, 4.69) is 44.2 Å². The van der Waals surface area contributed by atoms with Crippen LogP contribution in [0.3, 0.4) is 0 Å². The minimum absolute atomic E-state index is 0.697. The van der Waals surface area contributed by atoms with Crippen LogP contribution in [0.4, 0.5) is 0 Å². The maximum Gasteiger partial charge on any atom is 0.0223 e. The molecule has 1 N–H and O–H groups in total. The normalized spacial score (nSPS) is 26.8. The van der Waals surface area contributed by atoms with E-state index in [1.807, 2.05) is 11.8 Å². The van der Waals surface area contributed by atoms with Gasteiger partial charge in [0.1, 0.15) is 0 Å². The van der Waals surface area contributed by atoms with Gasteiger partial charge in [-0.2, -0.15) is 11.8 Å². The summed E-state index contributed by atoms with van der Waals surface area (Å²) in [5.41, 5.74) is 0. The minimum Gasteiger partial charge on any atom is -0.311 e. The van der Waals surface area contributed by atoms with Crippen molar-refractivity contribution < 1.29 is 0 Å². The fourth-order valence-corrected chi connectivity index (χ4v) is 3.43. The first-order chi connectivity index (χ1) is 9.08. The van der Waals surface area contributed by atoms with Gasteiger partial charge in [-0.3, -0.25) is 4.90 Å². The predicted octanol–water partition coefficient (Wildman–Crippen LogP) is 3.47. The third-order valence-electron chi connectivity index (χ3n) is 4.43. The lowest BCUT2D eigenvalue weighted by Crippen LogP contribution is -2.58. The maximum atomic E-state index is 3.80. The summed E-state index contributed by atoms with van der Waals surface area (Å²) >= 11 is 1.97. The Labute approximate surface area is 125 Å². The Hall–Kier alpha value is 0.270. The highest BCUT2D eigenvalue weighted by Crippen LogP contribution is 2.20. The Balaban J connectivity index is 2.52. The standard InChI is InChI=1S/C16H34N2S/c1-6-14(4)16-12-18(8-7-9-19-5)15(11-17-16)10-13(2)3/h13-17H,6-12H2,1-5H3. The number of nitrogens with zero attached hydrogens (tertiary/aromatic N) is 1. The molecule has 1 aliphatic heterocycles. The van der Waals surface area contributed by atoms with Gasteiger partial charge in [0.2, 0.25) is 0 Å². The molecule has 19 heavy (non-hydrogen) atoms. The van der Waals surface area contributed by atoms with Crippen molar-refractivity contribution in [1.82, 2.24) is 10.2 Å². The Morgan fingerprint density at radius 1 is 1.32 bits per heavy atom. The molecule has 1 rings (SSSR count). The zero-order valence-electron chi connectivity index (χ0n) is 13.6. The summed E-state index contributed by atoms with van der Waals surface area (Å²) in [4.78, 5) is 2.77. The first-order valence-electron chi connectivity index (χ1n) is 8.04. The highest BCUT2D eigenvalue weighted by atomic mass is 32.2. The van der Waals surface area contributed by atoms with Crippen molar-refractivity contribution in [2.45, 2.75) is 59.0 Å². The first-order valence-corrected chi connectivity index (χ1v) is 9.44. The average molecular weight is 287 g/mol. The molecule has 1 saturated heterocycles. The number of thioether (sulfide) groups is 1. The molecular formula is C16H34N2S. The highest BCUT2D eigenvalue weighted by Gasteiger charge is 2.29. The summed E-state index contributed by atoms with van der Waals surface area (Å²) in [5.74, 6) is 2.89. The Morgan fingerprint density at radius 2 is 2.05 bits per heavy atom. The van der Waals surface area contributed by atoms with Crippen LogP contribution in [0.15, 0.2) is 0 Å². The molecule has 0 saturated carbocycles. The summed E-state index contributed by atoms with van der Waals surface area (Å²) in [6.07, 6.45) is 6.17. The topological polar surface area (TPSA) is 15.3 Å². The van der Waals surface area contributed by atoms with Gasteiger partial charge in [0, 0.05) is 25.2 Å². The number of hydrogen-bond donors (Lipinski definition) is 1. The van der Waals surface area contributed by atoms with E-state index in [1.165, 1.54) is 44.6 Å². The van der Waals surface area contributed by atoms with Crippen molar-refractivity contribution in [2.24, 2.45) is 11.8 Å². The second-order valence-corrected chi connectivity index (χ2v) is 7.51. The summed E-state index contributed by atoms with van der Waals surface area (Å²) in [7, 11) is 0. The molecule has 3 unspecified atom stereocenters. The summed E-state index contributed by atoms with van der Waals surface area (Å²) in [5, 5.41) is 3.80. The highest BCUT2D eigenvalue weighted by molar-refractivity contribution is 7.98. The van der Waals surface area contributed by atoms with E-state index in [-0.39, 0.29) is 0 Å². The molecule has 0 bridgehead atoms. The number of hydrogen-bond acceptors (Lipinski definition) is 3. The average Bonchev–Trinajstić information content (AvgIpc) is 2.39. The van der Waals surface area contributed by atoms with E-state index in [9.17, 15) is 0 Å². The van der Waals surface area contributed by atoms with E-state index in [0.717, 1.165) is 17.9 Å². The van der Waals surface area contributed by atoms with Gasteiger partial charge in [-0.15, -0.1) is 0 Å². The fraction of sp³-hybridized carbons (Fsp3) is 1.00. The Morgan fingerprint density at radius 3 is 2.63 bits per heavy atom. The zero-order chi connectivity index (χ0) is 14.3. The van der Waals surface area contributed by atoms with Crippen molar-refractivity contribution >= 4 is 11.8 Å². The lowest BCUT2D eigenvalue weighted by atomic mass is 9.92. The molecule has 1 heterocycles. The van der Waals surface area contributed by atoms with Gasteiger partial charge in [-0.1, -0.05) is 34.1 Å². The SMILES string of the molecule is CCC(C)C1CN(CCCSC)C(CC(C)C)CN1. The van der Waals surface area contributed by atoms with E-state index in [1.54, 1.807) is 0 Å². The van der Waals surface area contributed by atoms with Crippen LogP contribution in [0, 0.1) is 11.8 Å². The molecule has 0 radical (unpaired) electrons. The summed E-state index contributed by atoms with van der Waals surface area (Å²) in [6, 6.07) is 1.45. The molecule has 0 amide bonds. The van der Waals surface area contributed by atoms with Crippen molar-refractivity contribution in [3.63, 3.8) is 0 Å². The van der Waals surface area contributed by atoms with Crippen LogP contribution in [0.25, 0.3) is 0 Å². The second-order valence-electron chi connectivity index (χ2n) is 6.52. The van der Waals surface area contributed by atoms with Crippen LogP contribution in [-0.2, 0) is 0 Å². The minimum atomic E-state index is 0.697. The van der Waals surface area contributed by atoms with E-state index >= 15 is 0 Å². The zero-order valence-corrected chi connectivity index (χ0v) is 14.4. The molecule has 0 aromatic rings. The van der Waals surface area contributed by atoms with Crippen LogP contribution >= 0.6 is 11.8 Å². The summed E-state index contributed by atoms with van der Waals surface area (Å²) in [6.45, 7) is 13.1. The van der Waals surface area contributed by atoms with Crippen molar-refractivity contribution in [1.29, 1.82) is 0 Å². The largest absolute Gasteiger partial charge is 0.311 e. The molecule has 0 aromatic heterocycles. The Bertz CT molecular complexity index is 233. The second kappa shape index (κ2) is 9.25. The van der Waals surface area contributed by atoms with E-state index in [0.29, 0.717) is 6.04 Å². The molecule has 114 valence electrons. The van der Waals surface area contributed by atoms with Gasteiger partial charge in [-0.05, 0) is 43.2 Å². The van der Waals surface area contributed by atoms with Crippen molar-refractivity contribution in [3.05, 3.63) is 0 Å². The Kier molecular flexibility index (Phi) is 8.43. The van der Waals surface area contributed by atoms with Crippen LogP contribution in [0.2, 0.25) is 0 Å². The van der Waals surface area contributed by atoms with Gasteiger partial charge in [0.15, 0.2) is 0 Å². The lowest BCUT2D eigenvalue weighted by Gasteiger charge is -2.43. The van der Waals surface area contributed by atoms with Gasteiger partial charge in [-0.25, -0.2) is 0 Å². The molecule has 1 fully saturated rings. The maximum absolute atomic E-state index is 3.80. The van der Waals surface area contributed by atoms with E-state index < -0.39 is 0 Å². The van der Waals surface area contributed by atoms with Crippen LogP contribution in [0.1, 0.15) is 47.0 Å². The number of piperazine rings is 1. The first kappa shape index (κ1) is 17.3. The van der Waals surface area contributed by atoms with Gasteiger partial charge >= 0.3 is 0 Å². The molecule has 3 atom stereocenters. The quantitative estimate of drug-likeness (QED) is 0.688. The fourth-order valence-electron chi connectivity index (χ4n) is 3.01. The summed E-state index contributed by atoms with van der Waals surface area (Å²) < 4.78 is 0. The van der Waals surface area contributed by atoms with E-state index in [4.69, 9.17) is 0 Å². The predicted molar refractivity (Wildman–Crippen MR) is 89.1 cm³/mol. The molecular weight excluding hydrogens is 252 g/mol. The van der Waals surface area contributed by atoms with Crippen LogP contribution in [-0.4, -0.2) is 48.6 Å². The third kappa shape index (κ3) is 6.05. The van der Waals surface area contributed by atoms with Gasteiger partial charge in [0.05, 0.1) is 0 Å². The smallest absolute Gasteiger partial charge is 0.0223 e. The molecule has 3 heteroatoms.